The van der Waals surface area contributed by atoms with E-state index in [1.54, 1.807) is 0 Å². The third kappa shape index (κ3) is 17.7. The fraction of sp³-hybridized carbons (Fsp3) is 0. The molecule has 0 unspecified atom stereocenters. The first kappa shape index (κ1) is 31.5. The van der Waals surface area contributed by atoms with Crippen LogP contribution in [0.25, 0.3) is 0 Å². The van der Waals surface area contributed by atoms with E-state index in [4.69, 9.17) is 0 Å². The van der Waals surface area contributed by atoms with Crippen LogP contribution in [0.5, 0.6) is 0 Å². The average molecular weight is 260 g/mol. The van der Waals surface area contributed by atoms with E-state index in [2.05, 4.69) is 0 Å². The van der Waals surface area contributed by atoms with Gasteiger partial charge in [-0.3, -0.25) is 0 Å². The molecule has 0 spiro atoms. The van der Waals surface area contributed by atoms with Gasteiger partial charge < -0.3 is 0 Å². The molecule has 0 radical (unpaired) electrons. The second-order valence-electron chi connectivity index (χ2n) is 0. The Labute approximate surface area is 160 Å². The van der Waals surface area contributed by atoms with E-state index >= 15 is 0 Å². The van der Waals surface area contributed by atoms with Gasteiger partial charge in [0.2, 0.25) is 0 Å². The summed E-state index contributed by atoms with van der Waals surface area (Å²) < 4.78 is 0. The average Bonchev–Trinajstić information content (AvgIpc) is 0. The zero-order valence-electron chi connectivity index (χ0n) is 0.408. The molecule has 0 atom stereocenters. The Hall–Kier alpha value is 5.39. The standard InChI is InChI=1S/Ca.HI.K.Mg.Na.6H/h;1H;;;;;;;;;. The molecule has 0 aromatic heterocycles. The van der Waals surface area contributed by atoms with Crippen LogP contribution in [0.3, 0.4) is 0 Å². The number of halogens is 1. The van der Waals surface area contributed by atoms with Gasteiger partial charge in [0, 0.05) is 0 Å². The van der Waals surface area contributed by atoms with Crippen LogP contribution >= 0.6 is 24.0 Å². The third-order valence-corrected chi connectivity index (χ3v) is 0. The van der Waals surface area contributed by atoms with Crippen molar-refractivity contribution < 1.29 is 0 Å². The van der Waals surface area contributed by atoms with Crippen molar-refractivity contribution in [1.29, 1.82) is 0 Å². The molecule has 0 aromatic rings. The van der Waals surface area contributed by atoms with Crippen molar-refractivity contribution in [2.24, 2.45) is 0 Å². The van der Waals surface area contributed by atoms with Crippen LogP contribution in [0.4, 0.5) is 0 Å². The van der Waals surface area contributed by atoms with Gasteiger partial charge in [0.15, 0.2) is 0 Å². The topological polar surface area (TPSA) is 0 Å². The minimum absolute atomic E-state index is 0. The van der Waals surface area contributed by atoms with E-state index in [1.807, 2.05) is 0 Å². The van der Waals surface area contributed by atoms with Crippen LogP contribution in [0.1, 0.15) is 0 Å². The molecule has 0 N–H and O–H groups in total. The Morgan fingerprint density at radius 2 is 1.00 bits per heavy atom. The van der Waals surface area contributed by atoms with Crippen LogP contribution in [-0.4, -0.2) is 142 Å². The van der Waals surface area contributed by atoms with Crippen molar-refractivity contribution >= 4 is 166 Å². The van der Waals surface area contributed by atoms with Crippen molar-refractivity contribution in [1.82, 2.24) is 0 Å². The van der Waals surface area contributed by atoms with Crippen LogP contribution in [-0.2, 0) is 0 Å². The minimum atomic E-state index is 0. The predicted molar refractivity (Wildman–Crippen MR) is 46.8 cm³/mol. The molecule has 0 amide bonds. The molecule has 20 valence electrons. The summed E-state index contributed by atoms with van der Waals surface area (Å²) in [6, 6.07) is 0. The molecule has 0 aliphatic heterocycles. The van der Waals surface area contributed by atoms with Gasteiger partial charge in [0.05, 0.1) is 0 Å². The first-order valence-electron chi connectivity index (χ1n) is 0. The van der Waals surface area contributed by atoms with Gasteiger partial charge in [-0.05, 0) is 0 Å². The van der Waals surface area contributed by atoms with E-state index in [0.717, 1.165) is 0 Å². The Bertz CT molecular complexity index is 11.6. The summed E-state index contributed by atoms with van der Waals surface area (Å²) in [5.41, 5.74) is 0. The van der Waals surface area contributed by atoms with Crippen molar-refractivity contribution in [3.63, 3.8) is 0 Å². The molecule has 0 aliphatic carbocycles. The molecule has 5 heavy (non-hydrogen) atoms. The normalized spacial score (nSPS) is 0. The predicted octanol–water partition coefficient (Wildman–Crippen LogP) is -2.51. The van der Waals surface area contributed by atoms with Crippen LogP contribution in [0.2, 0.25) is 0 Å². The monoisotopic (exact) mass is 260 g/mol. The molecule has 0 fully saturated rings. The molecular formula is H7CaIKMgNa. The summed E-state index contributed by atoms with van der Waals surface area (Å²) in [7, 11) is 0. The Balaban J connectivity index is 0. The first-order valence-corrected chi connectivity index (χ1v) is 0. The molecule has 0 saturated heterocycles. The molecule has 0 aromatic carbocycles. The maximum atomic E-state index is 0. The Morgan fingerprint density at radius 1 is 1.00 bits per heavy atom. The molecule has 0 rings (SSSR count). The molecule has 0 saturated carbocycles. The zero-order valence-corrected chi connectivity index (χ0v) is 2.74. The van der Waals surface area contributed by atoms with Gasteiger partial charge in [0.1, 0.15) is 0 Å². The SMILES string of the molecule is I.[CaH2].[KH].[MgH2].[NaH]. The van der Waals surface area contributed by atoms with Crippen LogP contribution in [0.15, 0.2) is 0 Å². The van der Waals surface area contributed by atoms with Crippen molar-refractivity contribution in [3.05, 3.63) is 0 Å². The summed E-state index contributed by atoms with van der Waals surface area (Å²) in [4.78, 5) is 0. The van der Waals surface area contributed by atoms with Gasteiger partial charge >= 0.3 is 142 Å². The summed E-state index contributed by atoms with van der Waals surface area (Å²) in [6.07, 6.45) is 0. The maximum absolute atomic E-state index is 0. The van der Waals surface area contributed by atoms with Crippen molar-refractivity contribution in [3.8, 4) is 0 Å². The van der Waals surface area contributed by atoms with E-state index in [0.29, 0.717) is 0 Å². The Morgan fingerprint density at radius 3 is 1.00 bits per heavy atom. The fourth-order valence-electron chi connectivity index (χ4n) is 0. The molecule has 0 heterocycles. The van der Waals surface area contributed by atoms with E-state index in [9.17, 15) is 0 Å². The van der Waals surface area contributed by atoms with Crippen molar-refractivity contribution in [2.75, 3.05) is 0 Å². The van der Waals surface area contributed by atoms with E-state index in [-0.39, 0.29) is 166 Å². The van der Waals surface area contributed by atoms with Crippen molar-refractivity contribution in [2.45, 2.75) is 0 Å². The summed E-state index contributed by atoms with van der Waals surface area (Å²) >= 11 is 0. The summed E-state index contributed by atoms with van der Waals surface area (Å²) in [5.74, 6) is 0. The van der Waals surface area contributed by atoms with Gasteiger partial charge in [-0.2, -0.15) is 0 Å². The second kappa shape index (κ2) is 22.8. The first-order chi connectivity index (χ1) is 0. The number of hydrogen-bond acceptors (Lipinski definition) is 0. The molecular weight excluding hydrogens is 253 g/mol. The molecule has 0 bridgehead atoms. The molecule has 0 aliphatic rings. The quantitative estimate of drug-likeness (QED) is 0.333. The summed E-state index contributed by atoms with van der Waals surface area (Å²) in [6.45, 7) is 0. The summed E-state index contributed by atoms with van der Waals surface area (Å²) in [5, 5.41) is 0. The Kier molecular flexibility index (Phi) is 143. The van der Waals surface area contributed by atoms with Gasteiger partial charge in [-0.1, -0.05) is 0 Å². The van der Waals surface area contributed by atoms with E-state index < -0.39 is 0 Å². The van der Waals surface area contributed by atoms with Gasteiger partial charge in [0.25, 0.3) is 0 Å². The number of hydrogen-bond donors (Lipinski definition) is 0. The van der Waals surface area contributed by atoms with Crippen LogP contribution < -0.4 is 0 Å². The third-order valence-electron chi connectivity index (χ3n) is 0. The number of rotatable bonds is 0. The molecule has 0 nitrogen and oxygen atoms in total. The zero-order chi connectivity index (χ0) is 0. The van der Waals surface area contributed by atoms with Crippen LogP contribution in [0, 0.1) is 0 Å². The van der Waals surface area contributed by atoms with Gasteiger partial charge in [-0.25, -0.2) is 0 Å². The second-order valence-corrected chi connectivity index (χ2v) is 0. The van der Waals surface area contributed by atoms with Gasteiger partial charge in [-0.15, -0.1) is 24.0 Å². The fourth-order valence-corrected chi connectivity index (χ4v) is 0. The molecule has 5 heteroatoms. The van der Waals surface area contributed by atoms with E-state index in [1.165, 1.54) is 0 Å².